The number of carbonyl (C=O) groups excluding carboxylic acids is 1. The van der Waals surface area contributed by atoms with E-state index in [-0.39, 0.29) is 18.4 Å². The van der Waals surface area contributed by atoms with Crippen LogP contribution in [0.25, 0.3) is 0 Å². The third kappa shape index (κ3) is 3.96. The summed E-state index contributed by atoms with van der Waals surface area (Å²) in [4.78, 5) is 37.4. The second kappa shape index (κ2) is 7.47. The molecule has 1 amide bonds. The quantitative estimate of drug-likeness (QED) is 0.795. The van der Waals surface area contributed by atoms with Gasteiger partial charge in [0, 0.05) is 30.3 Å². The number of ether oxygens (including phenoxy) is 2. The van der Waals surface area contributed by atoms with Crippen molar-refractivity contribution in [1.82, 2.24) is 14.9 Å². The Balaban J connectivity index is 1.56. The first-order valence-corrected chi connectivity index (χ1v) is 8.33. The fourth-order valence-corrected chi connectivity index (χ4v) is 2.88. The molecule has 2 aromatic rings. The van der Waals surface area contributed by atoms with Crippen LogP contribution < -0.4 is 26.0 Å². The summed E-state index contributed by atoms with van der Waals surface area (Å²) >= 11 is 0. The minimum Gasteiger partial charge on any atom is -0.497 e. The number of H-pyrrole nitrogens is 1. The molecule has 0 aliphatic carbocycles. The molecule has 8 nitrogen and oxygen atoms in total. The number of aryl methyl sites for hydroxylation is 1. The van der Waals surface area contributed by atoms with Gasteiger partial charge in [0.05, 0.1) is 13.7 Å². The summed E-state index contributed by atoms with van der Waals surface area (Å²) in [6.45, 7) is 2.38. The van der Waals surface area contributed by atoms with Gasteiger partial charge in [0.2, 0.25) is 5.91 Å². The van der Waals surface area contributed by atoms with Crippen LogP contribution in [0.5, 0.6) is 11.5 Å². The zero-order valence-electron chi connectivity index (χ0n) is 14.7. The molecule has 0 spiro atoms. The van der Waals surface area contributed by atoms with Crippen LogP contribution >= 0.6 is 0 Å². The van der Waals surface area contributed by atoms with Gasteiger partial charge in [0.25, 0.3) is 5.56 Å². The number of nitrogens with one attached hydrogen (secondary N) is 2. The van der Waals surface area contributed by atoms with Gasteiger partial charge in [-0.2, -0.15) is 0 Å². The molecule has 1 aromatic carbocycles. The summed E-state index contributed by atoms with van der Waals surface area (Å²) in [7, 11) is 1.61. The lowest BCUT2D eigenvalue weighted by atomic mass is 9.96. The molecule has 138 valence electrons. The fraction of sp³-hybridized carbons (Fsp3) is 0.389. The van der Waals surface area contributed by atoms with Gasteiger partial charge in [-0.15, -0.1) is 0 Å². The lowest BCUT2D eigenvalue weighted by Crippen LogP contribution is -2.39. The number of fused-ring (bicyclic) bond motifs is 1. The zero-order valence-corrected chi connectivity index (χ0v) is 14.7. The molecule has 1 aromatic heterocycles. The van der Waals surface area contributed by atoms with Crippen molar-refractivity contribution >= 4 is 5.91 Å². The van der Waals surface area contributed by atoms with E-state index in [0.29, 0.717) is 18.7 Å². The first-order valence-electron chi connectivity index (χ1n) is 8.33. The second-order valence-electron chi connectivity index (χ2n) is 6.36. The summed E-state index contributed by atoms with van der Waals surface area (Å²) < 4.78 is 12.1. The van der Waals surface area contributed by atoms with Crippen LogP contribution in [-0.2, 0) is 17.8 Å². The summed E-state index contributed by atoms with van der Waals surface area (Å²) in [5, 5.41) is 2.82. The van der Waals surface area contributed by atoms with Gasteiger partial charge in [-0.25, -0.2) is 4.79 Å². The van der Waals surface area contributed by atoms with Crippen molar-refractivity contribution in [2.75, 3.05) is 20.3 Å². The number of hydrogen-bond acceptors (Lipinski definition) is 5. The first-order chi connectivity index (χ1) is 12.5. The third-order valence-electron chi connectivity index (χ3n) is 4.35. The number of nitrogens with zero attached hydrogens (tertiary/aromatic N) is 1. The highest BCUT2D eigenvalue weighted by Crippen LogP contribution is 2.30. The molecular formula is C18H21N3O5. The maximum atomic E-state index is 12.1. The predicted octanol–water partition coefficient (Wildman–Crippen LogP) is 0.221. The van der Waals surface area contributed by atoms with Crippen molar-refractivity contribution in [3.05, 3.63) is 56.4 Å². The highest BCUT2D eigenvalue weighted by atomic mass is 16.5. The van der Waals surface area contributed by atoms with Crippen molar-refractivity contribution in [2.24, 2.45) is 5.92 Å². The van der Waals surface area contributed by atoms with Crippen molar-refractivity contribution < 1.29 is 14.3 Å². The van der Waals surface area contributed by atoms with Crippen LogP contribution in [0.4, 0.5) is 0 Å². The Morgan fingerprint density at radius 1 is 1.42 bits per heavy atom. The smallest absolute Gasteiger partial charge is 0.328 e. The number of amides is 1. The number of carbonyl (C=O) groups is 1. The highest BCUT2D eigenvalue weighted by Gasteiger charge is 2.21. The fourth-order valence-electron chi connectivity index (χ4n) is 2.88. The monoisotopic (exact) mass is 359 g/mol. The van der Waals surface area contributed by atoms with E-state index >= 15 is 0 Å². The van der Waals surface area contributed by atoms with Crippen molar-refractivity contribution in [2.45, 2.75) is 19.9 Å². The minimum atomic E-state index is -0.598. The van der Waals surface area contributed by atoms with Gasteiger partial charge in [-0.1, -0.05) is 6.07 Å². The lowest BCUT2D eigenvalue weighted by Gasteiger charge is -2.25. The Morgan fingerprint density at radius 3 is 3.00 bits per heavy atom. The number of methoxy groups -OCH3 is 1. The maximum absolute atomic E-state index is 12.1. The molecule has 0 bridgehead atoms. The van der Waals surface area contributed by atoms with E-state index in [1.807, 2.05) is 18.2 Å². The number of hydrogen-bond donors (Lipinski definition) is 2. The van der Waals surface area contributed by atoms with Crippen LogP contribution in [-0.4, -0.2) is 35.7 Å². The van der Waals surface area contributed by atoms with Crippen LogP contribution in [0.3, 0.4) is 0 Å². The van der Waals surface area contributed by atoms with Crippen LogP contribution in [0.1, 0.15) is 11.1 Å². The van der Waals surface area contributed by atoms with E-state index in [9.17, 15) is 14.4 Å². The van der Waals surface area contributed by atoms with Gasteiger partial charge < -0.3 is 14.8 Å². The molecule has 0 unspecified atom stereocenters. The van der Waals surface area contributed by atoms with E-state index in [1.165, 1.54) is 10.8 Å². The first kappa shape index (κ1) is 17.8. The van der Waals surface area contributed by atoms with Gasteiger partial charge in [0.1, 0.15) is 18.0 Å². The van der Waals surface area contributed by atoms with E-state index in [1.54, 1.807) is 14.0 Å². The highest BCUT2D eigenvalue weighted by molar-refractivity contribution is 5.75. The summed E-state index contributed by atoms with van der Waals surface area (Å²) in [6.07, 6.45) is 2.17. The minimum absolute atomic E-state index is 0.141. The van der Waals surface area contributed by atoms with Gasteiger partial charge >= 0.3 is 5.69 Å². The topological polar surface area (TPSA) is 102 Å². The second-order valence-corrected chi connectivity index (χ2v) is 6.36. The average Bonchev–Trinajstić information content (AvgIpc) is 2.63. The Morgan fingerprint density at radius 2 is 2.23 bits per heavy atom. The standard InChI is InChI=1S/C18H21N3O5/c1-11-8-21(18(24)20-17(11)23)9-16(22)19-7-12-5-13-3-4-14(25-2)6-15(13)26-10-12/h3-4,6,8,12H,5,7,9-10H2,1-2H3,(H,19,22)(H,20,23,24)/t12-/m0/s1. The molecule has 0 radical (unpaired) electrons. The Kier molecular flexibility index (Phi) is 5.11. The molecule has 1 atom stereocenters. The van der Waals surface area contributed by atoms with E-state index in [4.69, 9.17) is 9.47 Å². The molecule has 8 heteroatoms. The lowest BCUT2D eigenvalue weighted by molar-refractivity contribution is -0.122. The number of aromatic amines is 1. The van der Waals surface area contributed by atoms with E-state index < -0.39 is 11.2 Å². The molecule has 2 N–H and O–H groups in total. The zero-order chi connectivity index (χ0) is 18.7. The molecule has 3 rings (SSSR count). The largest absolute Gasteiger partial charge is 0.497 e. The summed E-state index contributed by atoms with van der Waals surface area (Å²) in [6, 6.07) is 5.70. The number of rotatable bonds is 5. The van der Waals surface area contributed by atoms with E-state index in [2.05, 4.69) is 10.3 Å². The van der Waals surface area contributed by atoms with Gasteiger partial charge in [-0.3, -0.25) is 19.1 Å². The van der Waals surface area contributed by atoms with Crippen molar-refractivity contribution in [3.8, 4) is 11.5 Å². The van der Waals surface area contributed by atoms with Crippen molar-refractivity contribution in [1.29, 1.82) is 0 Å². The molecule has 2 heterocycles. The molecular weight excluding hydrogens is 338 g/mol. The van der Waals surface area contributed by atoms with Gasteiger partial charge in [0.15, 0.2) is 0 Å². The molecule has 0 saturated carbocycles. The van der Waals surface area contributed by atoms with Crippen LogP contribution in [0.2, 0.25) is 0 Å². The summed E-state index contributed by atoms with van der Waals surface area (Å²) in [5.74, 6) is 1.41. The van der Waals surface area contributed by atoms with Crippen molar-refractivity contribution in [3.63, 3.8) is 0 Å². The number of benzene rings is 1. The van der Waals surface area contributed by atoms with E-state index in [0.717, 1.165) is 23.5 Å². The maximum Gasteiger partial charge on any atom is 0.328 e. The Bertz CT molecular complexity index is 931. The molecule has 0 fully saturated rings. The van der Waals surface area contributed by atoms with Crippen LogP contribution in [0.15, 0.2) is 34.0 Å². The third-order valence-corrected chi connectivity index (χ3v) is 4.35. The normalized spacial score (nSPS) is 15.7. The predicted molar refractivity (Wildman–Crippen MR) is 94.8 cm³/mol. The van der Waals surface area contributed by atoms with Crippen LogP contribution in [0, 0.1) is 12.8 Å². The molecule has 1 aliphatic rings. The SMILES string of the molecule is COc1ccc2c(c1)OC[C@H](CNC(=O)Cn1cc(C)c(=O)[nH]c1=O)C2. The summed E-state index contributed by atoms with van der Waals surface area (Å²) in [5.41, 5.74) is 0.412. The molecule has 0 saturated heterocycles. The Hall–Kier alpha value is -3.03. The average molecular weight is 359 g/mol. The molecule has 1 aliphatic heterocycles. The molecule has 26 heavy (non-hydrogen) atoms. The number of aromatic nitrogens is 2. The van der Waals surface area contributed by atoms with Gasteiger partial charge in [-0.05, 0) is 25.0 Å². The Labute approximate surface area is 149 Å².